The SMILES string of the molecule is O=c1c2cc(I)ccc2[nH]c(=S)n1-c1ccc(F)cc1F. The van der Waals surface area contributed by atoms with Crippen molar-refractivity contribution in [3.8, 4) is 5.69 Å². The highest BCUT2D eigenvalue weighted by Gasteiger charge is 2.12. The molecule has 3 nitrogen and oxygen atoms in total. The fourth-order valence-corrected chi connectivity index (χ4v) is 2.85. The summed E-state index contributed by atoms with van der Waals surface area (Å²) in [6, 6.07) is 8.24. The maximum absolute atomic E-state index is 13.9. The molecule has 0 saturated carbocycles. The van der Waals surface area contributed by atoms with Gasteiger partial charge in [0, 0.05) is 9.64 Å². The molecule has 0 spiro atoms. The van der Waals surface area contributed by atoms with E-state index in [-0.39, 0.29) is 10.5 Å². The Morgan fingerprint density at radius 3 is 2.62 bits per heavy atom. The van der Waals surface area contributed by atoms with Crippen molar-refractivity contribution in [2.75, 3.05) is 0 Å². The Bertz CT molecular complexity index is 981. The number of aromatic nitrogens is 2. The Balaban J connectivity index is 2.43. The Morgan fingerprint density at radius 1 is 1.14 bits per heavy atom. The summed E-state index contributed by atoms with van der Waals surface area (Å²) in [6.07, 6.45) is 0. The van der Waals surface area contributed by atoms with Crippen LogP contribution >= 0.6 is 34.8 Å². The maximum Gasteiger partial charge on any atom is 0.266 e. The molecule has 7 heteroatoms. The van der Waals surface area contributed by atoms with Crippen molar-refractivity contribution in [1.82, 2.24) is 9.55 Å². The monoisotopic (exact) mass is 416 g/mol. The van der Waals surface area contributed by atoms with E-state index in [0.717, 1.165) is 20.3 Å². The lowest BCUT2D eigenvalue weighted by molar-refractivity contribution is 0.576. The highest BCUT2D eigenvalue weighted by atomic mass is 127. The van der Waals surface area contributed by atoms with Crippen LogP contribution in [-0.2, 0) is 0 Å². The molecule has 0 aliphatic heterocycles. The van der Waals surface area contributed by atoms with Crippen molar-refractivity contribution in [1.29, 1.82) is 0 Å². The minimum Gasteiger partial charge on any atom is -0.331 e. The Morgan fingerprint density at radius 2 is 1.90 bits per heavy atom. The highest BCUT2D eigenvalue weighted by Crippen LogP contribution is 2.17. The number of halogens is 3. The van der Waals surface area contributed by atoms with Crippen molar-refractivity contribution in [3.05, 3.63) is 66.7 Å². The second kappa shape index (κ2) is 5.30. The van der Waals surface area contributed by atoms with Gasteiger partial charge in [0.2, 0.25) is 0 Å². The molecule has 2 aromatic carbocycles. The summed E-state index contributed by atoms with van der Waals surface area (Å²) in [5.74, 6) is -1.56. The molecule has 106 valence electrons. The van der Waals surface area contributed by atoms with Gasteiger partial charge in [0.05, 0.1) is 16.6 Å². The number of benzene rings is 2. The predicted octanol–water partition coefficient (Wildman–Crippen LogP) is 3.93. The van der Waals surface area contributed by atoms with E-state index in [9.17, 15) is 13.6 Å². The topological polar surface area (TPSA) is 37.8 Å². The molecule has 0 amide bonds. The molecule has 0 atom stereocenters. The minimum atomic E-state index is -0.846. The molecule has 1 heterocycles. The zero-order valence-corrected chi connectivity index (χ0v) is 13.3. The van der Waals surface area contributed by atoms with Gasteiger partial charge >= 0.3 is 0 Å². The Hall–Kier alpha value is -1.61. The average Bonchev–Trinajstić information content (AvgIpc) is 2.42. The summed E-state index contributed by atoms with van der Waals surface area (Å²) in [6.45, 7) is 0. The molecule has 21 heavy (non-hydrogen) atoms. The first-order chi connectivity index (χ1) is 9.97. The predicted molar refractivity (Wildman–Crippen MR) is 87.4 cm³/mol. The second-order valence-corrected chi connectivity index (χ2v) is 5.99. The van der Waals surface area contributed by atoms with Gasteiger partial charge < -0.3 is 4.98 Å². The molecule has 0 fully saturated rings. The summed E-state index contributed by atoms with van der Waals surface area (Å²) in [7, 11) is 0. The van der Waals surface area contributed by atoms with Crippen LogP contribution in [0.25, 0.3) is 16.6 Å². The number of hydrogen-bond donors (Lipinski definition) is 1. The van der Waals surface area contributed by atoms with Gasteiger partial charge in [-0.15, -0.1) is 0 Å². The number of rotatable bonds is 1. The zero-order chi connectivity index (χ0) is 15.1. The number of fused-ring (bicyclic) bond motifs is 1. The minimum absolute atomic E-state index is 0.0548. The molecule has 1 N–H and O–H groups in total. The third-order valence-corrected chi connectivity index (χ3v) is 3.97. The van der Waals surface area contributed by atoms with Gasteiger partial charge in [-0.3, -0.25) is 4.79 Å². The smallest absolute Gasteiger partial charge is 0.266 e. The molecule has 0 radical (unpaired) electrons. The van der Waals surface area contributed by atoms with Gasteiger partial charge in [-0.25, -0.2) is 13.3 Å². The number of H-pyrrole nitrogens is 1. The molecule has 3 aromatic rings. The van der Waals surface area contributed by atoms with E-state index in [0.29, 0.717) is 10.9 Å². The maximum atomic E-state index is 13.9. The van der Waals surface area contributed by atoms with Crippen LogP contribution in [-0.4, -0.2) is 9.55 Å². The first-order valence-electron chi connectivity index (χ1n) is 5.87. The van der Waals surface area contributed by atoms with E-state index in [1.54, 1.807) is 12.1 Å². The molecular weight excluding hydrogens is 409 g/mol. The highest BCUT2D eigenvalue weighted by molar-refractivity contribution is 14.1. The molecule has 0 bridgehead atoms. The van der Waals surface area contributed by atoms with Gasteiger partial charge in [-0.1, -0.05) is 0 Å². The lowest BCUT2D eigenvalue weighted by Crippen LogP contribution is -2.21. The van der Waals surface area contributed by atoms with Gasteiger partial charge in [0.1, 0.15) is 11.6 Å². The molecule has 0 aliphatic rings. The fraction of sp³-hybridized carbons (Fsp3) is 0. The molecule has 3 rings (SSSR count). The number of nitrogens with zero attached hydrogens (tertiary/aromatic N) is 1. The summed E-state index contributed by atoms with van der Waals surface area (Å²) in [5, 5.41) is 0.388. The first kappa shape index (κ1) is 14.3. The van der Waals surface area contributed by atoms with Gasteiger partial charge in [0.25, 0.3) is 5.56 Å². The van der Waals surface area contributed by atoms with Crippen LogP contribution in [0, 0.1) is 20.0 Å². The molecule has 1 aromatic heterocycles. The van der Waals surface area contributed by atoms with Crippen molar-refractivity contribution >= 4 is 45.7 Å². The summed E-state index contributed by atoms with van der Waals surface area (Å²) in [4.78, 5) is 15.4. The number of nitrogens with one attached hydrogen (secondary N) is 1. The quantitative estimate of drug-likeness (QED) is 0.482. The van der Waals surface area contributed by atoms with Crippen molar-refractivity contribution in [2.24, 2.45) is 0 Å². The van der Waals surface area contributed by atoms with Gasteiger partial charge in [-0.05, 0) is 65.1 Å². The molecule has 0 saturated heterocycles. The van der Waals surface area contributed by atoms with E-state index in [1.165, 1.54) is 6.07 Å². The van der Waals surface area contributed by atoms with Crippen LogP contribution in [0.15, 0.2) is 41.2 Å². The number of hydrogen-bond acceptors (Lipinski definition) is 2. The standard InChI is InChI=1S/C14H7F2IN2OS/c15-7-1-4-12(10(16)5-7)19-13(20)9-6-8(17)2-3-11(9)18-14(19)21/h1-6H,(H,18,21). The fourth-order valence-electron chi connectivity index (χ4n) is 2.07. The Labute approximate surface area is 136 Å². The summed E-state index contributed by atoms with van der Waals surface area (Å²) < 4.78 is 28.9. The lowest BCUT2D eigenvalue weighted by atomic mass is 10.2. The second-order valence-electron chi connectivity index (χ2n) is 4.36. The van der Waals surface area contributed by atoms with Crippen molar-refractivity contribution in [3.63, 3.8) is 0 Å². The van der Waals surface area contributed by atoms with Crippen LogP contribution in [0.2, 0.25) is 0 Å². The van der Waals surface area contributed by atoms with E-state index < -0.39 is 17.2 Å². The average molecular weight is 416 g/mol. The molecular formula is C14H7F2IN2OS. The van der Waals surface area contributed by atoms with Crippen molar-refractivity contribution in [2.45, 2.75) is 0 Å². The van der Waals surface area contributed by atoms with Crippen LogP contribution in [0.5, 0.6) is 0 Å². The van der Waals surface area contributed by atoms with Gasteiger partial charge in [0.15, 0.2) is 4.77 Å². The summed E-state index contributed by atoms with van der Waals surface area (Å²) in [5.41, 5.74) is 0.0466. The summed E-state index contributed by atoms with van der Waals surface area (Å²) >= 11 is 7.20. The van der Waals surface area contributed by atoms with Gasteiger partial charge in [-0.2, -0.15) is 0 Å². The number of aromatic amines is 1. The zero-order valence-electron chi connectivity index (χ0n) is 10.4. The lowest BCUT2D eigenvalue weighted by Gasteiger charge is -2.09. The first-order valence-corrected chi connectivity index (χ1v) is 7.36. The van der Waals surface area contributed by atoms with E-state index in [1.807, 2.05) is 6.07 Å². The molecule has 0 unspecified atom stereocenters. The molecule has 0 aliphatic carbocycles. The van der Waals surface area contributed by atoms with E-state index in [2.05, 4.69) is 27.6 Å². The third kappa shape index (κ3) is 2.51. The normalized spacial score (nSPS) is 11.0. The largest absolute Gasteiger partial charge is 0.331 e. The van der Waals surface area contributed by atoms with Crippen LogP contribution in [0.3, 0.4) is 0 Å². The third-order valence-electron chi connectivity index (χ3n) is 3.01. The van der Waals surface area contributed by atoms with Crippen molar-refractivity contribution < 1.29 is 8.78 Å². The van der Waals surface area contributed by atoms with Crippen LogP contribution in [0.1, 0.15) is 0 Å². The Kier molecular flexibility index (Phi) is 3.62. The van der Waals surface area contributed by atoms with Crippen LogP contribution in [0.4, 0.5) is 8.78 Å². The van der Waals surface area contributed by atoms with E-state index >= 15 is 0 Å². The van der Waals surface area contributed by atoms with Crippen LogP contribution < -0.4 is 5.56 Å². The van der Waals surface area contributed by atoms with E-state index in [4.69, 9.17) is 12.2 Å².